The van der Waals surface area contributed by atoms with Crippen molar-refractivity contribution in [3.8, 4) is 0 Å². The molecule has 120 valence electrons. The van der Waals surface area contributed by atoms with E-state index < -0.39 is 20.6 Å². The Kier molecular flexibility index (Phi) is 5.78. The fourth-order valence-corrected chi connectivity index (χ4v) is 5.81. The molecule has 0 spiro atoms. The van der Waals surface area contributed by atoms with Crippen LogP contribution in [0, 0.1) is 40.5 Å². The van der Waals surface area contributed by atoms with Crippen molar-refractivity contribution in [2.45, 2.75) is 46.4 Å². The van der Waals surface area contributed by atoms with Gasteiger partial charge in [0.25, 0.3) is 0 Å². The summed E-state index contributed by atoms with van der Waals surface area (Å²) in [6, 6.07) is 0. The standard InChI is InChI=1S/C16H26O3S2/c1-10(9-21(7,18)19)8-20(17)16-14(5)12(3)11(2)13(4)15(16)6/h10H,8-9H2,1-7H3/t10-,20+/m0/s1. The molecule has 0 N–H and O–H groups in total. The van der Waals surface area contributed by atoms with Crippen LogP contribution in [-0.4, -0.2) is 30.4 Å². The maximum absolute atomic E-state index is 12.7. The van der Waals surface area contributed by atoms with Gasteiger partial charge in [-0.15, -0.1) is 0 Å². The first-order chi connectivity index (χ1) is 9.45. The van der Waals surface area contributed by atoms with Gasteiger partial charge in [-0.05, 0) is 68.4 Å². The Bertz CT molecular complexity index is 644. The summed E-state index contributed by atoms with van der Waals surface area (Å²) in [5.74, 6) is 0.360. The van der Waals surface area contributed by atoms with Gasteiger partial charge < -0.3 is 0 Å². The second-order valence-corrected chi connectivity index (χ2v) is 9.78. The van der Waals surface area contributed by atoms with E-state index in [1.54, 1.807) is 0 Å². The van der Waals surface area contributed by atoms with Gasteiger partial charge in [0.15, 0.2) is 0 Å². The maximum Gasteiger partial charge on any atom is 0.147 e. The summed E-state index contributed by atoms with van der Waals surface area (Å²) in [4.78, 5) is 0.885. The molecule has 0 aliphatic heterocycles. The maximum atomic E-state index is 12.7. The van der Waals surface area contributed by atoms with E-state index in [1.807, 2.05) is 20.8 Å². The molecule has 0 aliphatic carbocycles. The predicted octanol–water partition coefficient (Wildman–Crippen LogP) is 3.02. The van der Waals surface area contributed by atoms with E-state index in [1.165, 1.54) is 22.9 Å². The Balaban J connectivity index is 3.15. The molecule has 0 heterocycles. The SMILES string of the molecule is Cc1c(C)c(C)c([S@](=O)C[C@H](C)CS(C)(=O)=O)c(C)c1C. The minimum atomic E-state index is -3.03. The molecule has 0 saturated carbocycles. The van der Waals surface area contributed by atoms with Crippen LogP contribution in [0.25, 0.3) is 0 Å². The topological polar surface area (TPSA) is 51.2 Å². The zero-order valence-electron chi connectivity index (χ0n) is 14.0. The van der Waals surface area contributed by atoms with Crippen LogP contribution in [0.2, 0.25) is 0 Å². The quantitative estimate of drug-likeness (QED) is 0.834. The van der Waals surface area contributed by atoms with Crippen molar-refractivity contribution in [3.63, 3.8) is 0 Å². The van der Waals surface area contributed by atoms with E-state index in [2.05, 4.69) is 20.8 Å². The van der Waals surface area contributed by atoms with Gasteiger partial charge >= 0.3 is 0 Å². The zero-order chi connectivity index (χ0) is 16.5. The van der Waals surface area contributed by atoms with Crippen LogP contribution in [-0.2, 0) is 20.6 Å². The summed E-state index contributed by atoms with van der Waals surface area (Å²) in [6.45, 7) is 12.0. The summed E-state index contributed by atoms with van der Waals surface area (Å²) in [6.07, 6.45) is 1.23. The highest BCUT2D eigenvalue weighted by Crippen LogP contribution is 2.29. The lowest BCUT2D eigenvalue weighted by Crippen LogP contribution is -2.19. The molecule has 21 heavy (non-hydrogen) atoms. The third kappa shape index (κ3) is 4.39. The Labute approximate surface area is 131 Å². The molecule has 1 aromatic rings. The number of hydrogen-bond acceptors (Lipinski definition) is 3. The fourth-order valence-electron chi connectivity index (χ4n) is 2.71. The largest absolute Gasteiger partial charge is 0.254 e. The van der Waals surface area contributed by atoms with Gasteiger partial charge in [-0.3, -0.25) is 4.21 Å². The van der Waals surface area contributed by atoms with Crippen LogP contribution in [0.5, 0.6) is 0 Å². The molecule has 0 amide bonds. The third-order valence-corrected chi connectivity index (χ3v) is 7.30. The molecule has 0 saturated heterocycles. The van der Waals surface area contributed by atoms with Crippen molar-refractivity contribution in [2.75, 3.05) is 17.8 Å². The minimum Gasteiger partial charge on any atom is -0.254 e. The highest BCUT2D eigenvalue weighted by molar-refractivity contribution is 7.90. The average Bonchev–Trinajstić information content (AvgIpc) is 2.31. The molecule has 0 unspecified atom stereocenters. The third-order valence-electron chi connectivity index (χ3n) is 4.18. The molecular weight excluding hydrogens is 304 g/mol. The summed E-state index contributed by atoms with van der Waals surface area (Å²) in [7, 11) is -4.19. The molecule has 0 bridgehead atoms. The molecule has 1 rings (SSSR count). The van der Waals surface area contributed by atoms with Gasteiger partial charge in [0.1, 0.15) is 9.84 Å². The molecular formula is C16H26O3S2. The van der Waals surface area contributed by atoms with Gasteiger partial charge in [0.05, 0.1) is 16.6 Å². The Morgan fingerprint density at radius 3 is 1.67 bits per heavy atom. The molecule has 2 atom stereocenters. The zero-order valence-corrected chi connectivity index (χ0v) is 15.7. The van der Waals surface area contributed by atoms with Crippen molar-refractivity contribution in [1.29, 1.82) is 0 Å². The van der Waals surface area contributed by atoms with Gasteiger partial charge in [-0.2, -0.15) is 0 Å². The first kappa shape index (κ1) is 18.4. The first-order valence-electron chi connectivity index (χ1n) is 7.08. The Morgan fingerprint density at radius 1 is 0.905 bits per heavy atom. The van der Waals surface area contributed by atoms with Crippen LogP contribution in [0.4, 0.5) is 0 Å². The van der Waals surface area contributed by atoms with Crippen molar-refractivity contribution in [2.24, 2.45) is 5.92 Å². The Morgan fingerprint density at radius 2 is 1.29 bits per heavy atom. The summed E-state index contributed by atoms with van der Waals surface area (Å²) in [5.41, 5.74) is 5.74. The molecule has 0 aromatic heterocycles. The fraction of sp³-hybridized carbons (Fsp3) is 0.625. The van der Waals surface area contributed by atoms with Gasteiger partial charge in [-0.1, -0.05) is 6.92 Å². The van der Waals surface area contributed by atoms with Crippen LogP contribution in [0.3, 0.4) is 0 Å². The lowest BCUT2D eigenvalue weighted by Gasteiger charge is -2.19. The summed E-state index contributed by atoms with van der Waals surface area (Å²) < 4.78 is 35.4. The van der Waals surface area contributed by atoms with Crippen molar-refractivity contribution in [1.82, 2.24) is 0 Å². The highest BCUT2D eigenvalue weighted by Gasteiger charge is 2.20. The monoisotopic (exact) mass is 330 g/mol. The number of hydrogen-bond donors (Lipinski definition) is 0. The molecule has 1 aromatic carbocycles. The number of sulfone groups is 1. The van der Waals surface area contributed by atoms with Gasteiger partial charge in [0, 0.05) is 16.9 Å². The van der Waals surface area contributed by atoms with Gasteiger partial charge in [-0.25, -0.2) is 8.42 Å². The van der Waals surface area contributed by atoms with Crippen molar-refractivity contribution < 1.29 is 12.6 Å². The van der Waals surface area contributed by atoms with Crippen LogP contribution >= 0.6 is 0 Å². The van der Waals surface area contributed by atoms with E-state index in [0.29, 0.717) is 5.75 Å². The van der Waals surface area contributed by atoms with E-state index >= 15 is 0 Å². The smallest absolute Gasteiger partial charge is 0.147 e. The molecule has 0 fully saturated rings. The van der Waals surface area contributed by atoms with Crippen molar-refractivity contribution in [3.05, 3.63) is 27.8 Å². The van der Waals surface area contributed by atoms with E-state index in [-0.39, 0.29) is 11.7 Å². The average molecular weight is 331 g/mol. The van der Waals surface area contributed by atoms with Gasteiger partial charge in [0.2, 0.25) is 0 Å². The molecule has 0 radical (unpaired) electrons. The lowest BCUT2D eigenvalue weighted by molar-refractivity contribution is 0.588. The normalized spacial score (nSPS) is 15.0. The summed E-state index contributed by atoms with van der Waals surface area (Å²) in [5, 5.41) is 0. The predicted molar refractivity (Wildman–Crippen MR) is 90.3 cm³/mol. The Hall–Kier alpha value is -0.680. The molecule has 0 aliphatic rings. The number of rotatable bonds is 5. The van der Waals surface area contributed by atoms with Crippen molar-refractivity contribution >= 4 is 20.6 Å². The number of benzene rings is 1. The highest BCUT2D eigenvalue weighted by atomic mass is 32.2. The second kappa shape index (κ2) is 6.61. The van der Waals surface area contributed by atoms with E-state index in [9.17, 15) is 12.6 Å². The van der Waals surface area contributed by atoms with E-state index in [0.717, 1.165) is 16.0 Å². The van der Waals surface area contributed by atoms with Crippen LogP contribution in [0.1, 0.15) is 34.7 Å². The lowest BCUT2D eigenvalue weighted by atomic mass is 9.95. The summed E-state index contributed by atoms with van der Waals surface area (Å²) >= 11 is 0. The van der Waals surface area contributed by atoms with Crippen LogP contribution in [0.15, 0.2) is 4.90 Å². The first-order valence-corrected chi connectivity index (χ1v) is 10.5. The van der Waals surface area contributed by atoms with E-state index in [4.69, 9.17) is 0 Å². The minimum absolute atomic E-state index is 0.0840. The molecule has 3 nitrogen and oxygen atoms in total. The second-order valence-electron chi connectivity index (χ2n) is 6.16. The van der Waals surface area contributed by atoms with Crippen LogP contribution < -0.4 is 0 Å². The molecule has 5 heteroatoms.